The first kappa shape index (κ1) is 13.5. The van der Waals surface area contributed by atoms with Gasteiger partial charge in [0.1, 0.15) is 0 Å². The van der Waals surface area contributed by atoms with Crippen LogP contribution in [0, 0.1) is 6.92 Å². The number of nitrogens with one attached hydrogen (secondary N) is 1. The van der Waals surface area contributed by atoms with Gasteiger partial charge in [0, 0.05) is 34.7 Å². The third-order valence-corrected chi connectivity index (χ3v) is 3.31. The lowest BCUT2D eigenvalue weighted by atomic mass is 10.2. The SMILES string of the molecule is Cc1ccc(CNC(=O)c2cc(N)cc(Cl)c2)n1C. The van der Waals surface area contributed by atoms with E-state index in [0.29, 0.717) is 22.8 Å². The van der Waals surface area contributed by atoms with Gasteiger partial charge in [-0.25, -0.2) is 0 Å². The number of halogens is 1. The molecule has 19 heavy (non-hydrogen) atoms. The van der Waals surface area contributed by atoms with Gasteiger partial charge in [0.05, 0.1) is 6.54 Å². The highest BCUT2D eigenvalue weighted by Gasteiger charge is 2.08. The van der Waals surface area contributed by atoms with Crippen LogP contribution in [-0.2, 0) is 13.6 Å². The Morgan fingerprint density at radius 3 is 2.68 bits per heavy atom. The molecule has 0 aliphatic heterocycles. The van der Waals surface area contributed by atoms with Gasteiger partial charge in [0.25, 0.3) is 5.91 Å². The van der Waals surface area contributed by atoms with Gasteiger partial charge in [-0.1, -0.05) is 11.6 Å². The van der Waals surface area contributed by atoms with Crippen LogP contribution >= 0.6 is 11.6 Å². The lowest BCUT2D eigenvalue weighted by Gasteiger charge is -2.08. The summed E-state index contributed by atoms with van der Waals surface area (Å²) < 4.78 is 2.03. The van der Waals surface area contributed by atoms with Gasteiger partial charge in [-0.15, -0.1) is 0 Å². The van der Waals surface area contributed by atoms with Crippen molar-refractivity contribution in [3.63, 3.8) is 0 Å². The Bertz CT molecular complexity index is 599. The number of benzene rings is 1. The van der Waals surface area contributed by atoms with Gasteiger partial charge < -0.3 is 15.6 Å². The van der Waals surface area contributed by atoms with E-state index in [1.165, 1.54) is 0 Å². The molecule has 1 aromatic carbocycles. The van der Waals surface area contributed by atoms with Crippen LogP contribution in [0.5, 0.6) is 0 Å². The molecule has 0 radical (unpaired) electrons. The Morgan fingerprint density at radius 2 is 2.11 bits per heavy atom. The summed E-state index contributed by atoms with van der Waals surface area (Å²) in [5, 5.41) is 3.31. The predicted molar refractivity (Wildman–Crippen MR) is 77.2 cm³/mol. The Kier molecular flexibility index (Phi) is 3.81. The molecule has 2 rings (SSSR count). The number of aromatic nitrogens is 1. The van der Waals surface area contributed by atoms with Gasteiger partial charge in [-0.3, -0.25) is 4.79 Å². The minimum absolute atomic E-state index is 0.187. The summed E-state index contributed by atoms with van der Waals surface area (Å²) >= 11 is 5.88. The van der Waals surface area contributed by atoms with Crippen molar-refractivity contribution in [1.82, 2.24) is 9.88 Å². The number of nitrogens with zero attached hydrogens (tertiary/aromatic N) is 1. The number of nitrogens with two attached hydrogens (primary N) is 1. The third-order valence-electron chi connectivity index (χ3n) is 3.09. The molecule has 0 bridgehead atoms. The first-order valence-electron chi connectivity index (χ1n) is 5.93. The molecule has 1 heterocycles. The number of hydrogen-bond donors (Lipinski definition) is 2. The van der Waals surface area contributed by atoms with Crippen molar-refractivity contribution in [2.45, 2.75) is 13.5 Å². The van der Waals surface area contributed by atoms with Crippen molar-refractivity contribution >= 4 is 23.2 Å². The second-order valence-electron chi connectivity index (χ2n) is 4.48. The summed E-state index contributed by atoms with van der Waals surface area (Å²) in [6.07, 6.45) is 0. The Balaban J connectivity index is 2.07. The van der Waals surface area contributed by atoms with E-state index in [9.17, 15) is 4.79 Å². The summed E-state index contributed by atoms with van der Waals surface area (Å²) in [5.41, 5.74) is 8.80. The number of hydrogen-bond acceptors (Lipinski definition) is 2. The molecular formula is C14H16ClN3O. The zero-order valence-electron chi connectivity index (χ0n) is 10.9. The van der Waals surface area contributed by atoms with Crippen molar-refractivity contribution < 1.29 is 4.79 Å². The minimum Gasteiger partial charge on any atom is -0.399 e. The van der Waals surface area contributed by atoms with E-state index >= 15 is 0 Å². The molecule has 0 aliphatic rings. The lowest BCUT2D eigenvalue weighted by molar-refractivity contribution is 0.0950. The molecule has 2 aromatic rings. The Labute approximate surface area is 117 Å². The smallest absolute Gasteiger partial charge is 0.251 e. The quantitative estimate of drug-likeness (QED) is 0.847. The molecule has 100 valence electrons. The van der Waals surface area contributed by atoms with Crippen molar-refractivity contribution in [3.05, 3.63) is 52.3 Å². The molecule has 0 unspecified atom stereocenters. The number of rotatable bonds is 3. The van der Waals surface area contributed by atoms with E-state index in [4.69, 9.17) is 17.3 Å². The zero-order valence-corrected chi connectivity index (χ0v) is 11.7. The second-order valence-corrected chi connectivity index (χ2v) is 4.92. The van der Waals surface area contributed by atoms with E-state index in [2.05, 4.69) is 5.32 Å². The van der Waals surface area contributed by atoms with E-state index in [-0.39, 0.29) is 5.91 Å². The van der Waals surface area contributed by atoms with Crippen LogP contribution in [0.15, 0.2) is 30.3 Å². The largest absolute Gasteiger partial charge is 0.399 e. The normalized spacial score (nSPS) is 10.5. The standard InChI is InChI=1S/C14H16ClN3O/c1-9-3-4-13(18(9)2)8-17-14(19)10-5-11(15)7-12(16)6-10/h3-7H,8,16H2,1-2H3,(H,17,19). The molecule has 0 fully saturated rings. The van der Waals surface area contributed by atoms with Crippen LogP contribution in [0.2, 0.25) is 5.02 Å². The molecule has 3 N–H and O–H groups in total. The molecule has 1 aromatic heterocycles. The van der Waals surface area contributed by atoms with Crippen LogP contribution in [-0.4, -0.2) is 10.5 Å². The molecular weight excluding hydrogens is 262 g/mol. The van der Waals surface area contributed by atoms with Crippen LogP contribution in [0.4, 0.5) is 5.69 Å². The lowest BCUT2D eigenvalue weighted by Crippen LogP contribution is -2.24. The topological polar surface area (TPSA) is 60.1 Å². The van der Waals surface area contributed by atoms with Crippen molar-refractivity contribution in [3.8, 4) is 0 Å². The fourth-order valence-electron chi connectivity index (χ4n) is 1.86. The summed E-state index contributed by atoms with van der Waals surface area (Å²) in [7, 11) is 1.97. The fourth-order valence-corrected chi connectivity index (χ4v) is 2.10. The Morgan fingerprint density at radius 1 is 1.37 bits per heavy atom. The molecule has 0 saturated carbocycles. The summed E-state index contributed by atoms with van der Waals surface area (Å²) in [5.74, 6) is -0.187. The van der Waals surface area contributed by atoms with Gasteiger partial charge in [0.15, 0.2) is 0 Å². The maximum absolute atomic E-state index is 12.0. The zero-order chi connectivity index (χ0) is 14.0. The summed E-state index contributed by atoms with van der Waals surface area (Å²) in [6, 6.07) is 8.82. The first-order valence-corrected chi connectivity index (χ1v) is 6.30. The van der Waals surface area contributed by atoms with Gasteiger partial charge >= 0.3 is 0 Å². The molecule has 0 saturated heterocycles. The fraction of sp³-hybridized carbons (Fsp3) is 0.214. The number of anilines is 1. The maximum atomic E-state index is 12.0. The highest BCUT2D eigenvalue weighted by molar-refractivity contribution is 6.31. The molecule has 1 amide bonds. The molecule has 0 atom stereocenters. The molecule has 5 heteroatoms. The highest BCUT2D eigenvalue weighted by Crippen LogP contribution is 2.16. The van der Waals surface area contributed by atoms with E-state index in [1.807, 2.05) is 30.7 Å². The number of carbonyl (C=O) groups is 1. The highest BCUT2D eigenvalue weighted by atomic mass is 35.5. The Hall–Kier alpha value is -1.94. The van der Waals surface area contributed by atoms with Gasteiger partial charge in [-0.2, -0.15) is 0 Å². The number of aryl methyl sites for hydroxylation is 1. The second kappa shape index (κ2) is 5.36. The van der Waals surface area contributed by atoms with Crippen molar-refractivity contribution in [1.29, 1.82) is 0 Å². The summed E-state index contributed by atoms with van der Waals surface area (Å²) in [6.45, 7) is 2.48. The average Bonchev–Trinajstić information content (AvgIpc) is 2.66. The van der Waals surface area contributed by atoms with E-state index in [1.54, 1.807) is 18.2 Å². The van der Waals surface area contributed by atoms with Crippen molar-refractivity contribution in [2.24, 2.45) is 7.05 Å². The monoisotopic (exact) mass is 277 g/mol. The molecule has 0 spiro atoms. The van der Waals surface area contributed by atoms with E-state index in [0.717, 1.165) is 11.4 Å². The summed E-state index contributed by atoms with van der Waals surface area (Å²) in [4.78, 5) is 12.0. The van der Waals surface area contributed by atoms with Crippen LogP contribution < -0.4 is 11.1 Å². The first-order chi connectivity index (χ1) is 8.97. The van der Waals surface area contributed by atoms with Crippen LogP contribution in [0.3, 0.4) is 0 Å². The van der Waals surface area contributed by atoms with Crippen LogP contribution in [0.25, 0.3) is 0 Å². The van der Waals surface area contributed by atoms with Gasteiger partial charge in [0.2, 0.25) is 0 Å². The number of carbonyl (C=O) groups excluding carboxylic acids is 1. The third kappa shape index (κ3) is 3.09. The molecule has 0 aliphatic carbocycles. The number of nitrogen functional groups attached to an aromatic ring is 1. The molecule has 4 nitrogen and oxygen atoms in total. The van der Waals surface area contributed by atoms with Gasteiger partial charge in [-0.05, 0) is 37.3 Å². The average molecular weight is 278 g/mol. The predicted octanol–water partition coefficient (Wildman–Crippen LogP) is 2.50. The van der Waals surface area contributed by atoms with Crippen LogP contribution in [0.1, 0.15) is 21.7 Å². The minimum atomic E-state index is -0.187. The van der Waals surface area contributed by atoms with Crippen molar-refractivity contribution in [2.75, 3.05) is 5.73 Å². The maximum Gasteiger partial charge on any atom is 0.251 e. The number of amides is 1. The van der Waals surface area contributed by atoms with E-state index < -0.39 is 0 Å².